The van der Waals surface area contributed by atoms with Gasteiger partial charge in [0.1, 0.15) is 23.5 Å². The highest BCUT2D eigenvalue weighted by atomic mass is 16.2. The number of amides is 1. The van der Waals surface area contributed by atoms with E-state index in [0.29, 0.717) is 18.2 Å². The number of nitrogens with zero attached hydrogens (tertiary/aromatic N) is 3. The zero-order valence-electron chi connectivity index (χ0n) is 12.4. The van der Waals surface area contributed by atoms with Crippen LogP contribution in [0.3, 0.4) is 0 Å². The zero-order valence-corrected chi connectivity index (χ0v) is 12.4. The van der Waals surface area contributed by atoms with Crippen molar-refractivity contribution < 1.29 is 4.79 Å². The monoisotopic (exact) mass is 278 g/mol. The van der Waals surface area contributed by atoms with Crippen LogP contribution in [0.2, 0.25) is 0 Å². The second-order valence-electron chi connectivity index (χ2n) is 5.99. The number of piperazine rings is 1. The molecule has 1 aliphatic rings. The summed E-state index contributed by atoms with van der Waals surface area (Å²) >= 11 is 0. The van der Waals surface area contributed by atoms with E-state index < -0.39 is 0 Å². The Hall–Kier alpha value is -1.89. The lowest BCUT2D eigenvalue weighted by Crippen LogP contribution is -2.54. The van der Waals surface area contributed by atoms with Crippen molar-refractivity contribution in [1.29, 1.82) is 0 Å². The minimum Gasteiger partial charge on any atom is -0.353 e. The van der Waals surface area contributed by atoms with Crippen molar-refractivity contribution >= 4 is 17.5 Å². The highest BCUT2D eigenvalue weighted by Gasteiger charge is 2.28. The summed E-state index contributed by atoms with van der Waals surface area (Å²) < 4.78 is 0. The molecule has 0 bridgehead atoms. The molecule has 0 aliphatic carbocycles. The van der Waals surface area contributed by atoms with E-state index in [1.165, 1.54) is 0 Å². The summed E-state index contributed by atoms with van der Waals surface area (Å²) in [5.74, 6) is 7.46. The second kappa shape index (κ2) is 5.24. The Morgan fingerprint density at radius 2 is 2.15 bits per heavy atom. The van der Waals surface area contributed by atoms with E-state index in [-0.39, 0.29) is 17.4 Å². The first-order valence-corrected chi connectivity index (χ1v) is 6.73. The molecule has 1 aromatic heterocycles. The van der Waals surface area contributed by atoms with Gasteiger partial charge in [0, 0.05) is 24.6 Å². The van der Waals surface area contributed by atoms with Crippen LogP contribution in [0.15, 0.2) is 6.07 Å². The molecular formula is C13H22N6O. The lowest BCUT2D eigenvalue weighted by Gasteiger charge is -2.34. The summed E-state index contributed by atoms with van der Waals surface area (Å²) in [7, 11) is 0. The topological polar surface area (TPSA) is 96.2 Å². The van der Waals surface area contributed by atoms with E-state index in [9.17, 15) is 4.79 Å². The summed E-state index contributed by atoms with van der Waals surface area (Å²) in [6, 6.07) is 1.52. The van der Waals surface area contributed by atoms with Crippen molar-refractivity contribution in [2.45, 2.75) is 39.2 Å². The Morgan fingerprint density at radius 3 is 2.75 bits per heavy atom. The van der Waals surface area contributed by atoms with E-state index in [0.717, 1.165) is 12.4 Å². The van der Waals surface area contributed by atoms with Crippen molar-refractivity contribution in [2.75, 3.05) is 23.4 Å². The maximum atomic E-state index is 11.8. The van der Waals surface area contributed by atoms with Gasteiger partial charge in [-0.1, -0.05) is 20.8 Å². The van der Waals surface area contributed by atoms with Crippen LogP contribution in [-0.2, 0) is 10.2 Å². The first-order chi connectivity index (χ1) is 9.32. The molecule has 1 amide bonds. The average molecular weight is 278 g/mol. The fraction of sp³-hybridized carbons (Fsp3) is 0.615. The van der Waals surface area contributed by atoms with E-state index >= 15 is 0 Å². The Balaban J connectivity index is 2.42. The molecule has 20 heavy (non-hydrogen) atoms. The smallest absolute Gasteiger partial charge is 0.242 e. The number of hydrogen-bond donors (Lipinski definition) is 3. The Kier molecular flexibility index (Phi) is 3.80. The number of aromatic nitrogens is 2. The van der Waals surface area contributed by atoms with Crippen LogP contribution in [0, 0.1) is 0 Å². The lowest BCUT2D eigenvalue weighted by atomic mass is 9.95. The first kappa shape index (κ1) is 14.5. The van der Waals surface area contributed by atoms with Gasteiger partial charge in [-0.15, -0.1) is 0 Å². The standard InChI is InChI=1S/C13H22N6O/c1-8-11(20)15-5-6-19(8)10-7-9(18-14)16-12(17-10)13(2,3)4/h7-8H,5-6,14H2,1-4H3,(H,15,20)(H,16,17,18). The molecule has 0 spiro atoms. The molecule has 0 radical (unpaired) electrons. The van der Waals surface area contributed by atoms with Gasteiger partial charge in [-0.05, 0) is 6.92 Å². The van der Waals surface area contributed by atoms with Crippen molar-refractivity contribution in [3.8, 4) is 0 Å². The number of carbonyl (C=O) groups is 1. The summed E-state index contributed by atoms with van der Waals surface area (Å²) in [6.07, 6.45) is 0. The van der Waals surface area contributed by atoms with Crippen molar-refractivity contribution in [1.82, 2.24) is 15.3 Å². The first-order valence-electron chi connectivity index (χ1n) is 6.73. The largest absolute Gasteiger partial charge is 0.353 e. The summed E-state index contributed by atoms with van der Waals surface area (Å²) in [5.41, 5.74) is 2.38. The summed E-state index contributed by atoms with van der Waals surface area (Å²) in [5, 5.41) is 2.84. The van der Waals surface area contributed by atoms with Crippen LogP contribution in [0.1, 0.15) is 33.5 Å². The predicted octanol–water partition coefficient (Wildman–Crippen LogP) is 0.384. The van der Waals surface area contributed by atoms with Gasteiger partial charge in [-0.25, -0.2) is 15.8 Å². The average Bonchev–Trinajstić information content (AvgIpc) is 2.40. The molecule has 2 rings (SSSR count). The number of hydrazine groups is 1. The SMILES string of the molecule is CC1C(=O)NCCN1c1cc(NN)nc(C(C)(C)C)n1. The number of nitrogen functional groups attached to an aromatic ring is 1. The third-order valence-corrected chi connectivity index (χ3v) is 3.32. The normalized spacial score (nSPS) is 19.8. The molecule has 0 saturated carbocycles. The van der Waals surface area contributed by atoms with E-state index in [4.69, 9.17) is 5.84 Å². The third-order valence-electron chi connectivity index (χ3n) is 3.32. The molecule has 1 unspecified atom stereocenters. The number of hydrogen-bond acceptors (Lipinski definition) is 6. The Bertz CT molecular complexity index is 510. The maximum absolute atomic E-state index is 11.8. The van der Waals surface area contributed by atoms with Crippen molar-refractivity contribution in [3.63, 3.8) is 0 Å². The number of anilines is 2. The quantitative estimate of drug-likeness (QED) is 0.535. The predicted molar refractivity (Wildman–Crippen MR) is 78.4 cm³/mol. The molecule has 1 aliphatic heterocycles. The van der Waals surface area contributed by atoms with Gasteiger partial charge in [0.25, 0.3) is 0 Å². The second-order valence-corrected chi connectivity index (χ2v) is 5.99. The fourth-order valence-electron chi connectivity index (χ4n) is 2.09. The zero-order chi connectivity index (χ0) is 14.9. The molecule has 110 valence electrons. The molecular weight excluding hydrogens is 256 g/mol. The van der Waals surface area contributed by atoms with Crippen LogP contribution >= 0.6 is 0 Å². The number of nitrogens with one attached hydrogen (secondary N) is 2. The van der Waals surface area contributed by atoms with Crippen molar-refractivity contribution in [3.05, 3.63) is 11.9 Å². The molecule has 4 N–H and O–H groups in total. The maximum Gasteiger partial charge on any atom is 0.242 e. The third kappa shape index (κ3) is 2.82. The summed E-state index contributed by atoms with van der Waals surface area (Å²) in [4.78, 5) is 22.7. The van der Waals surface area contributed by atoms with Crippen LogP contribution in [0.5, 0.6) is 0 Å². The van der Waals surface area contributed by atoms with Gasteiger partial charge in [-0.2, -0.15) is 0 Å². The molecule has 0 aromatic carbocycles. The Labute approximate surface area is 118 Å². The van der Waals surface area contributed by atoms with Gasteiger partial charge in [0.05, 0.1) is 0 Å². The minimum absolute atomic E-state index is 0.00873. The molecule has 1 aromatic rings. The summed E-state index contributed by atoms with van der Waals surface area (Å²) in [6.45, 7) is 9.32. The van der Waals surface area contributed by atoms with Gasteiger partial charge in [0.2, 0.25) is 5.91 Å². The molecule has 1 atom stereocenters. The van der Waals surface area contributed by atoms with Gasteiger partial charge >= 0.3 is 0 Å². The molecule has 7 nitrogen and oxygen atoms in total. The van der Waals surface area contributed by atoms with Crippen LogP contribution < -0.4 is 21.5 Å². The van der Waals surface area contributed by atoms with Crippen LogP contribution in [-0.4, -0.2) is 35.0 Å². The number of rotatable bonds is 2. The molecule has 1 saturated heterocycles. The Morgan fingerprint density at radius 1 is 1.45 bits per heavy atom. The molecule has 7 heteroatoms. The van der Waals surface area contributed by atoms with Gasteiger partial charge < -0.3 is 15.6 Å². The molecule has 2 heterocycles. The van der Waals surface area contributed by atoms with E-state index in [1.807, 2.05) is 32.6 Å². The van der Waals surface area contributed by atoms with E-state index in [1.54, 1.807) is 6.07 Å². The van der Waals surface area contributed by atoms with Crippen molar-refractivity contribution in [2.24, 2.45) is 5.84 Å². The molecule has 1 fully saturated rings. The fourth-order valence-corrected chi connectivity index (χ4v) is 2.09. The minimum atomic E-state index is -0.253. The van der Waals surface area contributed by atoms with Gasteiger partial charge in [0.15, 0.2) is 0 Å². The van der Waals surface area contributed by atoms with E-state index in [2.05, 4.69) is 20.7 Å². The number of nitrogens with two attached hydrogens (primary N) is 1. The lowest BCUT2D eigenvalue weighted by molar-refractivity contribution is -0.122. The highest BCUT2D eigenvalue weighted by molar-refractivity contribution is 5.85. The highest BCUT2D eigenvalue weighted by Crippen LogP contribution is 2.25. The van der Waals surface area contributed by atoms with Crippen LogP contribution in [0.4, 0.5) is 11.6 Å². The van der Waals surface area contributed by atoms with Gasteiger partial charge in [-0.3, -0.25) is 4.79 Å². The number of carbonyl (C=O) groups excluding carboxylic acids is 1. The van der Waals surface area contributed by atoms with Crippen LogP contribution in [0.25, 0.3) is 0 Å².